The Kier molecular flexibility index (Phi) is 4.58. The Morgan fingerprint density at radius 2 is 1.44 bits per heavy atom. The molecule has 0 nitrogen and oxygen atoms in total. The fourth-order valence-corrected chi connectivity index (χ4v) is 9.30. The summed E-state index contributed by atoms with van der Waals surface area (Å²) in [6.45, 7) is 0. The second-order valence-corrected chi connectivity index (χ2v) is 10.3. The molecule has 2 aliphatic heterocycles. The molecular formula is C16H24S2+2. The monoisotopic (exact) mass is 280 g/mol. The summed E-state index contributed by atoms with van der Waals surface area (Å²) in [5.74, 6) is 7.59. The third-order valence-corrected chi connectivity index (χ3v) is 9.76. The first-order chi connectivity index (χ1) is 8.93. The highest BCUT2D eigenvalue weighted by atomic mass is 32.2. The van der Waals surface area contributed by atoms with Crippen molar-refractivity contribution in [3.8, 4) is 0 Å². The van der Waals surface area contributed by atoms with Gasteiger partial charge in [-0.3, -0.25) is 0 Å². The molecule has 1 unspecified atom stereocenters. The van der Waals surface area contributed by atoms with Gasteiger partial charge in [0.25, 0.3) is 0 Å². The van der Waals surface area contributed by atoms with Crippen LogP contribution in [-0.4, -0.2) is 28.8 Å². The molecule has 0 aromatic heterocycles. The van der Waals surface area contributed by atoms with E-state index in [1.165, 1.54) is 54.4 Å². The van der Waals surface area contributed by atoms with E-state index in [1.807, 2.05) is 0 Å². The summed E-state index contributed by atoms with van der Waals surface area (Å²) in [5, 5.41) is 0.898. The molecule has 2 saturated heterocycles. The minimum Gasteiger partial charge on any atom is -0.0622 e. The van der Waals surface area contributed by atoms with Gasteiger partial charge in [-0.05, 0) is 47.5 Å². The van der Waals surface area contributed by atoms with Crippen molar-refractivity contribution < 1.29 is 0 Å². The Morgan fingerprint density at radius 1 is 0.833 bits per heavy atom. The lowest BCUT2D eigenvalue weighted by molar-refractivity contribution is 0.949. The van der Waals surface area contributed by atoms with E-state index in [0.29, 0.717) is 10.9 Å². The molecule has 0 bridgehead atoms. The SMILES string of the molecule is c1ccc(C(C[S+]2CCCC2)[S+]2CCCC2)cc1. The third-order valence-electron chi connectivity index (χ3n) is 4.14. The quantitative estimate of drug-likeness (QED) is 0.740. The van der Waals surface area contributed by atoms with Crippen molar-refractivity contribution in [2.24, 2.45) is 0 Å². The summed E-state index contributed by atoms with van der Waals surface area (Å²) in [5.41, 5.74) is 1.64. The normalized spacial score (nSPS) is 23.6. The number of benzene rings is 1. The Balaban J connectivity index is 1.74. The van der Waals surface area contributed by atoms with E-state index in [4.69, 9.17) is 0 Å². The van der Waals surface area contributed by atoms with E-state index in [2.05, 4.69) is 30.3 Å². The van der Waals surface area contributed by atoms with Gasteiger partial charge in [-0.1, -0.05) is 30.3 Å². The molecule has 2 heterocycles. The van der Waals surface area contributed by atoms with Gasteiger partial charge in [0.05, 0.1) is 0 Å². The van der Waals surface area contributed by atoms with E-state index in [0.717, 1.165) is 16.1 Å². The van der Waals surface area contributed by atoms with Crippen molar-refractivity contribution in [2.75, 3.05) is 28.8 Å². The fraction of sp³-hybridized carbons (Fsp3) is 0.625. The summed E-state index contributed by atoms with van der Waals surface area (Å²) in [4.78, 5) is 0. The van der Waals surface area contributed by atoms with Gasteiger partial charge in [-0.2, -0.15) is 0 Å². The maximum atomic E-state index is 2.38. The third kappa shape index (κ3) is 3.08. The number of hydrogen-bond acceptors (Lipinski definition) is 0. The molecule has 1 atom stereocenters. The van der Waals surface area contributed by atoms with E-state index in [9.17, 15) is 0 Å². The van der Waals surface area contributed by atoms with Crippen molar-refractivity contribution in [1.82, 2.24) is 0 Å². The highest BCUT2D eigenvalue weighted by molar-refractivity contribution is 8.00. The molecular weight excluding hydrogens is 256 g/mol. The summed E-state index contributed by atoms with van der Waals surface area (Å²) in [7, 11) is 1.45. The summed E-state index contributed by atoms with van der Waals surface area (Å²) in [6, 6.07) is 11.4. The van der Waals surface area contributed by atoms with Crippen LogP contribution >= 0.6 is 0 Å². The molecule has 0 radical (unpaired) electrons. The van der Waals surface area contributed by atoms with Crippen LogP contribution in [0.3, 0.4) is 0 Å². The van der Waals surface area contributed by atoms with Crippen LogP contribution in [0.1, 0.15) is 36.5 Å². The Morgan fingerprint density at radius 3 is 2.11 bits per heavy atom. The molecule has 3 rings (SSSR count). The minimum absolute atomic E-state index is 0.695. The van der Waals surface area contributed by atoms with Gasteiger partial charge in [-0.15, -0.1) is 0 Å². The van der Waals surface area contributed by atoms with Crippen LogP contribution in [-0.2, 0) is 21.8 Å². The van der Waals surface area contributed by atoms with Crippen LogP contribution in [0.2, 0.25) is 0 Å². The average Bonchev–Trinajstić information content (AvgIpc) is 3.10. The van der Waals surface area contributed by atoms with Crippen molar-refractivity contribution in [3.05, 3.63) is 35.9 Å². The molecule has 1 aromatic rings. The molecule has 0 saturated carbocycles. The lowest BCUT2D eigenvalue weighted by Gasteiger charge is -2.15. The fourth-order valence-electron chi connectivity index (χ4n) is 3.11. The Labute approximate surface area is 117 Å². The Hall–Kier alpha value is -0.0800. The van der Waals surface area contributed by atoms with Crippen LogP contribution in [0.4, 0.5) is 0 Å². The van der Waals surface area contributed by atoms with Crippen LogP contribution in [0.15, 0.2) is 30.3 Å². The van der Waals surface area contributed by atoms with Gasteiger partial charge in [0.15, 0.2) is 11.0 Å². The maximum Gasteiger partial charge on any atom is 0.187 e. The zero-order valence-electron chi connectivity index (χ0n) is 11.1. The largest absolute Gasteiger partial charge is 0.187 e. The zero-order chi connectivity index (χ0) is 12.2. The molecule has 2 fully saturated rings. The van der Waals surface area contributed by atoms with Crippen molar-refractivity contribution in [3.63, 3.8) is 0 Å². The topological polar surface area (TPSA) is 0 Å². The van der Waals surface area contributed by atoms with E-state index in [1.54, 1.807) is 5.56 Å². The van der Waals surface area contributed by atoms with Crippen molar-refractivity contribution >= 4 is 21.8 Å². The molecule has 2 aliphatic rings. The van der Waals surface area contributed by atoms with E-state index in [-0.39, 0.29) is 0 Å². The molecule has 0 spiro atoms. The van der Waals surface area contributed by atoms with E-state index >= 15 is 0 Å². The predicted molar refractivity (Wildman–Crippen MR) is 86.7 cm³/mol. The van der Waals surface area contributed by atoms with Crippen LogP contribution in [0.5, 0.6) is 0 Å². The predicted octanol–water partition coefficient (Wildman–Crippen LogP) is 3.55. The first kappa shape index (κ1) is 12.9. The number of hydrogen-bond donors (Lipinski definition) is 0. The lowest BCUT2D eigenvalue weighted by Crippen LogP contribution is -2.25. The van der Waals surface area contributed by atoms with Crippen molar-refractivity contribution in [1.29, 1.82) is 0 Å². The maximum absolute atomic E-state index is 2.38. The first-order valence-corrected chi connectivity index (χ1v) is 10.6. The zero-order valence-corrected chi connectivity index (χ0v) is 12.8. The molecule has 18 heavy (non-hydrogen) atoms. The van der Waals surface area contributed by atoms with Gasteiger partial charge < -0.3 is 0 Å². The smallest absolute Gasteiger partial charge is 0.0622 e. The molecule has 0 N–H and O–H groups in total. The van der Waals surface area contributed by atoms with Gasteiger partial charge in [0, 0.05) is 5.56 Å². The standard InChI is InChI=1S/C16H24S2/c1-2-8-15(9-3-1)16(18-12-6-7-13-18)14-17-10-4-5-11-17/h1-3,8-9,16H,4-7,10-14H2/q+2. The highest BCUT2D eigenvalue weighted by Crippen LogP contribution is 2.33. The molecule has 0 aliphatic carbocycles. The van der Waals surface area contributed by atoms with Crippen molar-refractivity contribution in [2.45, 2.75) is 30.9 Å². The van der Waals surface area contributed by atoms with Crippen LogP contribution in [0.25, 0.3) is 0 Å². The van der Waals surface area contributed by atoms with Crippen LogP contribution in [0, 0.1) is 0 Å². The van der Waals surface area contributed by atoms with Gasteiger partial charge in [0.1, 0.15) is 23.0 Å². The molecule has 98 valence electrons. The van der Waals surface area contributed by atoms with Crippen LogP contribution < -0.4 is 0 Å². The summed E-state index contributed by atoms with van der Waals surface area (Å²) < 4.78 is 0. The second-order valence-electron chi connectivity index (χ2n) is 5.45. The summed E-state index contributed by atoms with van der Waals surface area (Å²) >= 11 is 0. The second kappa shape index (κ2) is 6.38. The lowest BCUT2D eigenvalue weighted by atomic mass is 10.2. The summed E-state index contributed by atoms with van der Waals surface area (Å²) in [6.07, 6.45) is 5.97. The molecule has 0 amide bonds. The highest BCUT2D eigenvalue weighted by Gasteiger charge is 2.40. The number of rotatable bonds is 4. The first-order valence-electron chi connectivity index (χ1n) is 7.29. The Bertz CT molecular complexity index is 351. The molecule has 2 heteroatoms. The van der Waals surface area contributed by atoms with Gasteiger partial charge >= 0.3 is 0 Å². The van der Waals surface area contributed by atoms with Gasteiger partial charge in [-0.25, -0.2) is 0 Å². The van der Waals surface area contributed by atoms with E-state index < -0.39 is 0 Å². The minimum atomic E-state index is 0.695. The average molecular weight is 281 g/mol. The van der Waals surface area contributed by atoms with Gasteiger partial charge in [0.2, 0.25) is 0 Å². The molecule has 1 aromatic carbocycles.